The molecule has 6 unspecified atom stereocenters. The Morgan fingerprint density at radius 3 is 2.27 bits per heavy atom. The van der Waals surface area contributed by atoms with Gasteiger partial charge in [0.1, 0.15) is 18.3 Å². The number of benzene rings is 1. The molecule has 1 aromatic carbocycles. The van der Waals surface area contributed by atoms with Gasteiger partial charge in [-0.3, -0.25) is 4.79 Å². The second kappa shape index (κ2) is 13.2. The molecular formula is C26H38O11. The molecular weight excluding hydrogens is 488 g/mol. The molecule has 0 amide bonds. The van der Waals surface area contributed by atoms with Crippen LogP contribution in [0.3, 0.4) is 0 Å². The third kappa shape index (κ3) is 8.14. The van der Waals surface area contributed by atoms with Gasteiger partial charge in [-0.25, -0.2) is 4.79 Å². The first-order valence-electron chi connectivity index (χ1n) is 12.2. The number of rotatable bonds is 11. The molecule has 0 bridgehead atoms. The summed E-state index contributed by atoms with van der Waals surface area (Å²) in [5, 5.41) is 60.0. The van der Waals surface area contributed by atoms with Crippen LogP contribution in [0, 0.1) is 12.8 Å². The minimum atomic E-state index is -1.81. The molecule has 11 heteroatoms. The molecule has 0 spiro atoms. The highest BCUT2D eigenvalue weighted by Gasteiger charge is 2.47. The molecule has 0 radical (unpaired) electrons. The number of aliphatic hydroxyl groups is 3. The lowest BCUT2D eigenvalue weighted by atomic mass is 10.0. The van der Waals surface area contributed by atoms with E-state index in [1.807, 2.05) is 20.8 Å². The van der Waals surface area contributed by atoms with E-state index in [0.717, 1.165) is 11.6 Å². The first-order chi connectivity index (χ1) is 17.2. The summed E-state index contributed by atoms with van der Waals surface area (Å²) < 4.78 is 16.3. The predicted octanol–water partition coefficient (Wildman–Crippen LogP) is 2.17. The second-order valence-corrected chi connectivity index (χ2v) is 9.91. The summed E-state index contributed by atoms with van der Waals surface area (Å²) in [7, 11) is 0. The third-order valence-electron chi connectivity index (χ3n) is 6.04. The first-order valence-corrected chi connectivity index (χ1v) is 12.2. The number of ketones is 1. The van der Waals surface area contributed by atoms with Crippen LogP contribution in [-0.2, 0) is 19.0 Å². The first kappa shape index (κ1) is 30.5. The maximum Gasteiger partial charge on any atom is 0.341 e. The van der Waals surface area contributed by atoms with Gasteiger partial charge in [-0.05, 0) is 58.1 Å². The van der Waals surface area contributed by atoms with Crippen molar-refractivity contribution in [1.29, 1.82) is 0 Å². The average Bonchev–Trinajstić information content (AvgIpc) is 2.80. The highest BCUT2D eigenvalue weighted by molar-refractivity contribution is 5.93. The minimum Gasteiger partial charge on any atom is -0.504 e. The van der Waals surface area contributed by atoms with Crippen LogP contribution in [0.5, 0.6) is 17.2 Å². The van der Waals surface area contributed by atoms with Gasteiger partial charge in [-0.2, -0.15) is 0 Å². The Hall–Kier alpha value is -2.70. The monoisotopic (exact) mass is 526 g/mol. The molecule has 37 heavy (non-hydrogen) atoms. The van der Waals surface area contributed by atoms with E-state index in [1.54, 1.807) is 13.0 Å². The molecule has 0 saturated carbocycles. The van der Waals surface area contributed by atoms with Gasteiger partial charge in [-0.1, -0.05) is 19.4 Å². The van der Waals surface area contributed by atoms with Crippen molar-refractivity contribution in [3.05, 3.63) is 28.8 Å². The lowest BCUT2D eigenvalue weighted by Crippen LogP contribution is -2.59. The van der Waals surface area contributed by atoms with Crippen molar-refractivity contribution in [2.24, 2.45) is 5.92 Å². The second-order valence-electron chi connectivity index (χ2n) is 9.91. The summed E-state index contributed by atoms with van der Waals surface area (Å²) in [5.41, 5.74) is 0.534. The molecule has 0 aliphatic carbocycles. The van der Waals surface area contributed by atoms with Crippen LogP contribution in [0.25, 0.3) is 0 Å². The number of hydrogen-bond donors (Lipinski definition) is 6. The topological polar surface area (TPSA) is 183 Å². The zero-order valence-corrected chi connectivity index (χ0v) is 21.7. The van der Waals surface area contributed by atoms with Gasteiger partial charge in [0.25, 0.3) is 0 Å². The largest absolute Gasteiger partial charge is 0.504 e. The Morgan fingerprint density at radius 1 is 1.03 bits per heavy atom. The molecule has 6 atom stereocenters. The number of ether oxygens (including phenoxy) is 3. The molecule has 1 heterocycles. The van der Waals surface area contributed by atoms with Gasteiger partial charge in [0, 0.05) is 12.0 Å². The minimum absolute atomic E-state index is 0.0802. The quantitative estimate of drug-likeness (QED) is 0.141. The molecule has 1 aromatic rings. The van der Waals surface area contributed by atoms with Crippen molar-refractivity contribution < 1.29 is 54.4 Å². The molecule has 0 aromatic heterocycles. The molecule has 208 valence electrons. The molecule has 1 aliphatic rings. The summed E-state index contributed by atoms with van der Waals surface area (Å²) in [6, 6.07) is 0.871. The smallest absolute Gasteiger partial charge is 0.341 e. The Balaban J connectivity index is 1.98. The fraction of sp³-hybridized carbons (Fsp3) is 0.615. The van der Waals surface area contributed by atoms with Crippen LogP contribution in [0.2, 0.25) is 0 Å². The Bertz CT molecular complexity index is 987. The summed E-state index contributed by atoms with van der Waals surface area (Å²) in [6.07, 6.45) is -4.82. The van der Waals surface area contributed by atoms with Crippen molar-refractivity contribution in [3.63, 3.8) is 0 Å². The van der Waals surface area contributed by atoms with E-state index in [-0.39, 0.29) is 22.8 Å². The number of phenolic OH excluding ortho intramolecular Hbond substituents is 3. The standard InChI is InChI=1S/C26H38O11/c1-12(2)9-16(27)10-13(3)7-6-8-14(4)35-25-22(32)21(31)23(33)26(37-25)36-24(34)17-11-18(28)20(30)19(29)15(17)5/h10-12,14,21-23,25-26,28-33H,6-9H2,1-5H3. The zero-order chi connectivity index (χ0) is 28.0. The van der Waals surface area contributed by atoms with Crippen LogP contribution >= 0.6 is 0 Å². The lowest BCUT2D eigenvalue weighted by Gasteiger charge is -2.40. The number of carbonyl (C=O) groups is 2. The van der Waals surface area contributed by atoms with E-state index in [2.05, 4.69) is 0 Å². The van der Waals surface area contributed by atoms with E-state index >= 15 is 0 Å². The summed E-state index contributed by atoms with van der Waals surface area (Å²) in [5.74, 6) is -3.06. The highest BCUT2D eigenvalue weighted by atomic mass is 16.8. The lowest BCUT2D eigenvalue weighted by molar-refractivity contribution is -0.345. The molecule has 1 saturated heterocycles. The number of aliphatic hydroxyl groups excluding tert-OH is 3. The van der Waals surface area contributed by atoms with E-state index in [0.29, 0.717) is 25.7 Å². The van der Waals surface area contributed by atoms with Crippen molar-refractivity contribution in [2.75, 3.05) is 0 Å². The van der Waals surface area contributed by atoms with Crippen molar-refractivity contribution in [1.82, 2.24) is 0 Å². The number of phenols is 3. The van der Waals surface area contributed by atoms with Crippen molar-refractivity contribution >= 4 is 11.8 Å². The maximum absolute atomic E-state index is 12.6. The number of aromatic hydroxyl groups is 3. The SMILES string of the molecule is CC(=CC(=O)CC(C)C)CCCC(C)OC1OC(OC(=O)c2cc(O)c(O)c(O)c2C)C(O)C(O)C1O. The van der Waals surface area contributed by atoms with Crippen LogP contribution in [-0.4, -0.2) is 79.4 Å². The van der Waals surface area contributed by atoms with Crippen LogP contribution in [0.4, 0.5) is 0 Å². The van der Waals surface area contributed by atoms with E-state index in [1.165, 1.54) is 6.92 Å². The van der Waals surface area contributed by atoms with Crippen molar-refractivity contribution in [3.8, 4) is 17.2 Å². The van der Waals surface area contributed by atoms with E-state index in [9.17, 15) is 40.2 Å². The Kier molecular flexibility index (Phi) is 10.9. The fourth-order valence-electron chi connectivity index (χ4n) is 3.92. The number of carbonyl (C=O) groups excluding carboxylic acids is 2. The third-order valence-corrected chi connectivity index (χ3v) is 6.04. The zero-order valence-electron chi connectivity index (χ0n) is 21.7. The van der Waals surface area contributed by atoms with Crippen LogP contribution in [0.1, 0.15) is 69.3 Å². The summed E-state index contributed by atoms with van der Waals surface area (Å²) in [6.45, 7) is 8.86. The summed E-state index contributed by atoms with van der Waals surface area (Å²) in [4.78, 5) is 24.5. The number of allylic oxidation sites excluding steroid dienone is 2. The highest BCUT2D eigenvalue weighted by Crippen LogP contribution is 2.39. The maximum atomic E-state index is 12.6. The molecule has 2 rings (SSSR count). The molecule has 1 fully saturated rings. The van der Waals surface area contributed by atoms with Gasteiger partial charge >= 0.3 is 5.97 Å². The van der Waals surface area contributed by atoms with Gasteiger partial charge in [0.15, 0.2) is 23.6 Å². The Labute approximate surface area is 215 Å². The van der Waals surface area contributed by atoms with Crippen LogP contribution < -0.4 is 0 Å². The predicted molar refractivity (Wildman–Crippen MR) is 131 cm³/mol. The fourth-order valence-corrected chi connectivity index (χ4v) is 3.92. The van der Waals surface area contributed by atoms with Crippen molar-refractivity contribution in [2.45, 2.75) is 97.3 Å². The molecule has 1 aliphatic heterocycles. The van der Waals surface area contributed by atoms with Gasteiger partial charge in [-0.15, -0.1) is 0 Å². The van der Waals surface area contributed by atoms with Gasteiger partial charge < -0.3 is 44.8 Å². The average molecular weight is 527 g/mol. The van der Waals surface area contributed by atoms with E-state index in [4.69, 9.17) is 14.2 Å². The molecule has 11 nitrogen and oxygen atoms in total. The van der Waals surface area contributed by atoms with Gasteiger partial charge in [0.05, 0.1) is 11.7 Å². The summed E-state index contributed by atoms with van der Waals surface area (Å²) >= 11 is 0. The number of hydrogen-bond acceptors (Lipinski definition) is 11. The van der Waals surface area contributed by atoms with Crippen LogP contribution in [0.15, 0.2) is 17.7 Å². The molecule has 6 N–H and O–H groups in total. The number of esters is 1. The van der Waals surface area contributed by atoms with Gasteiger partial charge in [0.2, 0.25) is 12.0 Å². The Morgan fingerprint density at radius 2 is 1.65 bits per heavy atom. The van der Waals surface area contributed by atoms with E-state index < -0.39 is 60.2 Å². The normalized spacial score (nSPS) is 25.2.